The van der Waals surface area contributed by atoms with Gasteiger partial charge in [-0.15, -0.1) is 0 Å². The molecule has 0 heterocycles. The third-order valence-electron chi connectivity index (χ3n) is 6.43. The summed E-state index contributed by atoms with van der Waals surface area (Å²) in [5.74, 6) is -0.815. The molecule has 0 spiro atoms. The van der Waals surface area contributed by atoms with Crippen LogP contribution < -0.4 is 9.62 Å². The first-order valence-corrected chi connectivity index (χ1v) is 14.3. The smallest absolute Gasteiger partial charge is 0.264 e. The molecule has 202 valence electrons. The number of aryl methyl sites for hydroxylation is 1. The van der Waals surface area contributed by atoms with Crippen molar-refractivity contribution in [2.45, 2.75) is 57.6 Å². The van der Waals surface area contributed by atoms with E-state index in [2.05, 4.69) is 5.32 Å². The SMILES string of the molecule is CC[C@H](C)NC(=O)[C@H](C)N(Cc1ccc(Cl)cc1)C(=O)CN(c1ccccc1C)S(=O)(=O)c1ccccc1. The average molecular weight is 556 g/mol. The normalized spacial score (nSPS) is 12.9. The number of para-hydroxylation sites is 1. The summed E-state index contributed by atoms with van der Waals surface area (Å²) in [6.07, 6.45) is 0.736. The van der Waals surface area contributed by atoms with Crippen molar-refractivity contribution in [1.29, 1.82) is 0 Å². The molecule has 2 atom stereocenters. The summed E-state index contributed by atoms with van der Waals surface area (Å²) in [6, 6.07) is 21.1. The molecule has 38 heavy (non-hydrogen) atoms. The summed E-state index contributed by atoms with van der Waals surface area (Å²) in [6.45, 7) is 6.92. The van der Waals surface area contributed by atoms with E-state index in [0.29, 0.717) is 16.3 Å². The molecule has 0 bridgehead atoms. The minimum Gasteiger partial charge on any atom is -0.352 e. The van der Waals surface area contributed by atoms with Gasteiger partial charge < -0.3 is 10.2 Å². The molecule has 0 aromatic heterocycles. The van der Waals surface area contributed by atoms with Gasteiger partial charge in [0.2, 0.25) is 11.8 Å². The van der Waals surface area contributed by atoms with Gasteiger partial charge in [-0.3, -0.25) is 13.9 Å². The monoisotopic (exact) mass is 555 g/mol. The number of sulfonamides is 1. The van der Waals surface area contributed by atoms with Crippen LogP contribution in [0, 0.1) is 6.92 Å². The van der Waals surface area contributed by atoms with Crippen LogP contribution in [-0.4, -0.2) is 43.8 Å². The molecule has 2 amide bonds. The first-order chi connectivity index (χ1) is 18.0. The maximum absolute atomic E-state index is 13.9. The topological polar surface area (TPSA) is 86.8 Å². The van der Waals surface area contributed by atoms with Gasteiger partial charge in [-0.25, -0.2) is 8.42 Å². The number of anilines is 1. The van der Waals surface area contributed by atoms with Crippen LogP contribution in [0.5, 0.6) is 0 Å². The van der Waals surface area contributed by atoms with Crippen molar-refractivity contribution in [3.8, 4) is 0 Å². The molecule has 0 aliphatic heterocycles. The zero-order valence-electron chi connectivity index (χ0n) is 22.1. The molecule has 3 aromatic carbocycles. The first kappa shape index (κ1) is 29.2. The van der Waals surface area contributed by atoms with Crippen LogP contribution in [-0.2, 0) is 26.2 Å². The van der Waals surface area contributed by atoms with Crippen molar-refractivity contribution in [2.75, 3.05) is 10.8 Å². The van der Waals surface area contributed by atoms with Crippen molar-refractivity contribution in [3.63, 3.8) is 0 Å². The van der Waals surface area contributed by atoms with Crippen LogP contribution in [0.1, 0.15) is 38.3 Å². The molecule has 0 saturated heterocycles. The van der Waals surface area contributed by atoms with Crippen LogP contribution in [0.2, 0.25) is 5.02 Å². The maximum Gasteiger partial charge on any atom is 0.264 e. The van der Waals surface area contributed by atoms with Crippen molar-refractivity contribution < 1.29 is 18.0 Å². The number of amides is 2. The second-order valence-electron chi connectivity index (χ2n) is 9.25. The Morgan fingerprint density at radius 3 is 2.13 bits per heavy atom. The van der Waals surface area contributed by atoms with E-state index in [0.717, 1.165) is 16.3 Å². The van der Waals surface area contributed by atoms with Crippen molar-refractivity contribution in [3.05, 3.63) is 95.0 Å². The minimum absolute atomic E-state index is 0.0700. The Morgan fingerprint density at radius 2 is 1.53 bits per heavy atom. The minimum atomic E-state index is -4.08. The van der Waals surface area contributed by atoms with E-state index >= 15 is 0 Å². The van der Waals surface area contributed by atoms with Gasteiger partial charge in [-0.2, -0.15) is 0 Å². The van der Waals surface area contributed by atoms with Crippen LogP contribution in [0.4, 0.5) is 5.69 Å². The molecule has 9 heteroatoms. The molecular formula is C29H34ClN3O4S. The molecule has 0 radical (unpaired) electrons. The number of rotatable bonds is 11. The highest BCUT2D eigenvalue weighted by Gasteiger charge is 2.33. The van der Waals surface area contributed by atoms with E-state index in [4.69, 9.17) is 11.6 Å². The lowest BCUT2D eigenvalue weighted by atomic mass is 10.1. The molecule has 0 unspecified atom stereocenters. The summed E-state index contributed by atoms with van der Waals surface area (Å²) in [7, 11) is -4.08. The molecule has 0 fully saturated rings. The van der Waals surface area contributed by atoms with Crippen LogP contribution >= 0.6 is 11.6 Å². The van der Waals surface area contributed by atoms with E-state index < -0.39 is 28.5 Å². The summed E-state index contributed by atoms with van der Waals surface area (Å²) in [5.41, 5.74) is 1.86. The molecule has 0 aliphatic carbocycles. The molecule has 1 N–H and O–H groups in total. The second kappa shape index (κ2) is 12.9. The highest BCUT2D eigenvalue weighted by molar-refractivity contribution is 7.92. The van der Waals surface area contributed by atoms with Crippen molar-refractivity contribution in [2.24, 2.45) is 0 Å². The van der Waals surface area contributed by atoms with Crippen LogP contribution in [0.25, 0.3) is 0 Å². The average Bonchev–Trinajstić information content (AvgIpc) is 2.91. The van der Waals surface area contributed by atoms with Gasteiger partial charge in [0, 0.05) is 17.6 Å². The van der Waals surface area contributed by atoms with E-state index in [1.54, 1.807) is 74.5 Å². The fourth-order valence-electron chi connectivity index (χ4n) is 3.91. The largest absolute Gasteiger partial charge is 0.352 e. The number of carbonyl (C=O) groups excluding carboxylic acids is 2. The standard InChI is InChI=1S/C29H34ClN3O4S/c1-5-22(3)31-29(35)23(4)32(19-24-15-17-25(30)18-16-24)28(34)20-33(27-14-10-9-11-21(27)2)38(36,37)26-12-7-6-8-13-26/h6-18,22-23H,5,19-20H2,1-4H3,(H,31,35)/t22-,23-/m0/s1. The third-order valence-corrected chi connectivity index (χ3v) is 8.45. The molecule has 3 aromatic rings. The van der Waals surface area contributed by atoms with E-state index in [1.165, 1.54) is 17.0 Å². The summed E-state index contributed by atoms with van der Waals surface area (Å²) >= 11 is 6.04. The zero-order valence-corrected chi connectivity index (χ0v) is 23.7. The van der Waals surface area contributed by atoms with Gasteiger partial charge in [0.1, 0.15) is 12.6 Å². The Bertz CT molecular complexity index is 1350. The fraction of sp³-hybridized carbons (Fsp3) is 0.310. The molecule has 0 aliphatic rings. The predicted molar refractivity (Wildman–Crippen MR) is 152 cm³/mol. The number of hydrogen-bond acceptors (Lipinski definition) is 4. The van der Waals surface area contributed by atoms with Gasteiger partial charge >= 0.3 is 0 Å². The summed E-state index contributed by atoms with van der Waals surface area (Å²) < 4.78 is 28.7. The van der Waals surface area contributed by atoms with E-state index in [1.807, 2.05) is 19.9 Å². The summed E-state index contributed by atoms with van der Waals surface area (Å²) in [4.78, 5) is 28.5. The van der Waals surface area contributed by atoms with Gasteiger partial charge in [0.25, 0.3) is 10.0 Å². The Hall–Kier alpha value is -3.36. The van der Waals surface area contributed by atoms with Crippen LogP contribution in [0.3, 0.4) is 0 Å². The molecule has 3 rings (SSSR count). The number of carbonyl (C=O) groups is 2. The zero-order chi connectivity index (χ0) is 27.9. The third kappa shape index (κ3) is 7.14. The first-order valence-electron chi connectivity index (χ1n) is 12.5. The maximum atomic E-state index is 13.9. The number of nitrogens with one attached hydrogen (secondary N) is 1. The second-order valence-corrected chi connectivity index (χ2v) is 11.6. The Kier molecular flexibility index (Phi) is 9.94. The van der Waals surface area contributed by atoms with Gasteiger partial charge in [0.05, 0.1) is 10.6 Å². The van der Waals surface area contributed by atoms with E-state index in [-0.39, 0.29) is 23.4 Å². The van der Waals surface area contributed by atoms with Crippen molar-refractivity contribution >= 4 is 39.1 Å². The van der Waals surface area contributed by atoms with Crippen molar-refractivity contribution in [1.82, 2.24) is 10.2 Å². The lowest BCUT2D eigenvalue weighted by Gasteiger charge is -2.33. The van der Waals surface area contributed by atoms with Gasteiger partial charge in [-0.05, 0) is 68.7 Å². The molecule has 0 saturated carbocycles. The Morgan fingerprint density at radius 1 is 0.921 bits per heavy atom. The van der Waals surface area contributed by atoms with Crippen LogP contribution in [0.15, 0.2) is 83.8 Å². The number of hydrogen-bond donors (Lipinski definition) is 1. The lowest BCUT2D eigenvalue weighted by molar-refractivity contribution is -0.139. The highest BCUT2D eigenvalue weighted by Crippen LogP contribution is 2.27. The number of benzene rings is 3. The Balaban J connectivity index is 2.02. The number of halogens is 1. The van der Waals surface area contributed by atoms with Gasteiger partial charge in [0.15, 0.2) is 0 Å². The lowest BCUT2D eigenvalue weighted by Crippen LogP contribution is -2.52. The highest BCUT2D eigenvalue weighted by atomic mass is 35.5. The number of nitrogens with zero attached hydrogens (tertiary/aromatic N) is 2. The summed E-state index contributed by atoms with van der Waals surface area (Å²) in [5, 5.41) is 3.47. The fourth-order valence-corrected chi connectivity index (χ4v) is 5.54. The Labute approximate surface area is 230 Å². The quantitative estimate of drug-likeness (QED) is 0.353. The van der Waals surface area contributed by atoms with Gasteiger partial charge in [-0.1, -0.05) is 67.1 Å². The molecular weight excluding hydrogens is 522 g/mol. The molecule has 7 nitrogen and oxygen atoms in total. The predicted octanol–water partition coefficient (Wildman–Crippen LogP) is 5.18. The van der Waals surface area contributed by atoms with E-state index in [9.17, 15) is 18.0 Å².